The first-order chi connectivity index (χ1) is 9.58. The van der Waals surface area contributed by atoms with Crippen LogP contribution < -0.4 is 15.2 Å². The Balaban J connectivity index is 2.69. The number of methoxy groups -OCH3 is 2. The van der Waals surface area contributed by atoms with Crippen LogP contribution in [0.4, 0.5) is 0 Å². The largest absolute Gasteiger partial charge is 0.493 e. The van der Waals surface area contributed by atoms with Gasteiger partial charge in [0, 0.05) is 26.2 Å². The smallest absolute Gasteiger partial charge is 0.161 e. The summed E-state index contributed by atoms with van der Waals surface area (Å²) in [5.41, 5.74) is 7.14. The van der Waals surface area contributed by atoms with Crippen molar-refractivity contribution in [2.24, 2.45) is 11.7 Å². The Labute approximate surface area is 122 Å². The summed E-state index contributed by atoms with van der Waals surface area (Å²) < 4.78 is 16.1. The second kappa shape index (κ2) is 8.82. The molecule has 1 aromatic carbocycles. The first kappa shape index (κ1) is 16.8. The number of rotatable bonds is 9. The van der Waals surface area contributed by atoms with Gasteiger partial charge in [-0.25, -0.2) is 0 Å². The van der Waals surface area contributed by atoms with Crippen LogP contribution in [0.15, 0.2) is 18.2 Å². The van der Waals surface area contributed by atoms with Crippen molar-refractivity contribution < 1.29 is 14.2 Å². The van der Waals surface area contributed by atoms with Crippen molar-refractivity contribution in [1.82, 2.24) is 0 Å². The lowest BCUT2D eigenvalue weighted by Gasteiger charge is -2.17. The molecular weight excluding hydrogens is 254 g/mol. The van der Waals surface area contributed by atoms with Gasteiger partial charge in [-0.15, -0.1) is 0 Å². The van der Waals surface area contributed by atoms with Gasteiger partial charge in [-0.05, 0) is 37.0 Å². The van der Waals surface area contributed by atoms with Gasteiger partial charge in [0.15, 0.2) is 11.5 Å². The fourth-order valence-electron chi connectivity index (χ4n) is 1.90. The predicted octanol–water partition coefficient (Wildman–Crippen LogP) is 2.64. The van der Waals surface area contributed by atoms with Crippen molar-refractivity contribution >= 4 is 0 Å². The van der Waals surface area contributed by atoms with Gasteiger partial charge in [-0.1, -0.05) is 13.0 Å². The Morgan fingerprint density at radius 1 is 1.10 bits per heavy atom. The third kappa shape index (κ3) is 5.39. The molecule has 0 aliphatic rings. The topological polar surface area (TPSA) is 53.7 Å². The van der Waals surface area contributed by atoms with Crippen molar-refractivity contribution in [3.8, 4) is 11.5 Å². The molecule has 1 aromatic rings. The van der Waals surface area contributed by atoms with E-state index in [1.165, 1.54) is 5.56 Å². The lowest BCUT2D eigenvalue weighted by atomic mass is 9.95. The summed E-state index contributed by atoms with van der Waals surface area (Å²) in [6, 6.07) is 6.25. The monoisotopic (exact) mass is 281 g/mol. The highest BCUT2D eigenvalue weighted by Gasteiger charge is 2.11. The zero-order valence-electron chi connectivity index (χ0n) is 13.0. The van der Waals surface area contributed by atoms with E-state index < -0.39 is 0 Å². The summed E-state index contributed by atoms with van der Waals surface area (Å²) in [5.74, 6) is 1.99. The summed E-state index contributed by atoms with van der Waals surface area (Å²) in [6.07, 6.45) is 1.80. The Bertz CT molecular complexity index is 393. The van der Waals surface area contributed by atoms with Crippen LogP contribution in [0.3, 0.4) is 0 Å². The molecule has 0 bridgehead atoms. The lowest BCUT2D eigenvalue weighted by molar-refractivity contribution is 0.170. The second-order valence-electron chi connectivity index (χ2n) is 5.22. The van der Waals surface area contributed by atoms with Gasteiger partial charge >= 0.3 is 0 Å². The molecule has 1 rings (SSSR count). The predicted molar refractivity (Wildman–Crippen MR) is 81.5 cm³/mol. The first-order valence-electron chi connectivity index (χ1n) is 7.12. The van der Waals surface area contributed by atoms with Crippen LogP contribution >= 0.6 is 0 Å². The van der Waals surface area contributed by atoms with E-state index in [4.69, 9.17) is 19.9 Å². The fourth-order valence-corrected chi connectivity index (χ4v) is 1.90. The van der Waals surface area contributed by atoms with Crippen LogP contribution in [0.1, 0.15) is 25.8 Å². The van der Waals surface area contributed by atoms with Crippen LogP contribution in [0.2, 0.25) is 0 Å². The number of nitrogens with two attached hydrogens (primary N) is 1. The Morgan fingerprint density at radius 3 is 2.45 bits per heavy atom. The second-order valence-corrected chi connectivity index (χ2v) is 5.22. The molecule has 2 N–H and O–H groups in total. The molecular formula is C16H27NO3. The quantitative estimate of drug-likeness (QED) is 0.707. The summed E-state index contributed by atoms with van der Waals surface area (Å²) in [4.78, 5) is 0. The number of hydrogen-bond acceptors (Lipinski definition) is 4. The molecule has 0 saturated carbocycles. The van der Waals surface area contributed by atoms with E-state index in [2.05, 4.69) is 13.0 Å². The summed E-state index contributed by atoms with van der Waals surface area (Å²) in [6.45, 7) is 5.52. The van der Waals surface area contributed by atoms with Crippen LogP contribution in [-0.4, -0.2) is 33.5 Å². The molecule has 0 fully saturated rings. The van der Waals surface area contributed by atoms with Crippen LogP contribution in [0.5, 0.6) is 11.5 Å². The average molecular weight is 281 g/mol. The van der Waals surface area contributed by atoms with E-state index in [1.807, 2.05) is 19.1 Å². The molecule has 2 unspecified atom stereocenters. The molecule has 0 aliphatic carbocycles. The van der Waals surface area contributed by atoms with Gasteiger partial charge in [0.05, 0.1) is 13.7 Å². The van der Waals surface area contributed by atoms with Gasteiger partial charge in [-0.2, -0.15) is 0 Å². The Hall–Kier alpha value is -1.26. The SMILES string of the molecule is COCCCOc1cc(CC(C)C(C)N)ccc1OC. The standard InChI is InChI=1S/C16H27NO3/c1-12(13(2)17)10-14-6-7-15(19-4)16(11-14)20-9-5-8-18-3/h6-7,11-13H,5,8-10,17H2,1-4H3. The third-order valence-electron chi connectivity index (χ3n) is 3.43. The molecule has 4 heteroatoms. The molecule has 20 heavy (non-hydrogen) atoms. The van der Waals surface area contributed by atoms with Gasteiger partial charge in [0.25, 0.3) is 0 Å². The maximum Gasteiger partial charge on any atom is 0.161 e. The van der Waals surface area contributed by atoms with E-state index >= 15 is 0 Å². The molecule has 2 atom stereocenters. The van der Waals surface area contributed by atoms with E-state index in [-0.39, 0.29) is 6.04 Å². The summed E-state index contributed by atoms with van der Waals surface area (Å²) in [5, 5.41) is 0. The van der Waals surface area contributed by atoms with E-state index in [1.54, 1.807) is 14.2 Å². The molecule has 4 nitrogen and oxygen atoms in total. The van der Waals surface area contributed by atoms with Crippen molar-refractivity contribution in [3.05, 3.63) is 23.8 Å². The van der Waals surface area contributed by atoms with E-state index in [9.17, 15) is 0 Å². The minimum atomic E-state index is 0.183. The molecule has 0 spiro atoms. The van der Waals surface area contributed by atoms with Crippen molar-refractivity contribution in [1.29, 1.82) is 0 Å². The highest BCUT2D eigenvalue weighted by atomic mass is 16.5. The van der Waals surface area contributed by atoms with Crippen molar-refractivity contribution in [2.45, 2.75) is 32.7 Å². The lowest BCUT2D eigenvalue weighted by Crippen LogP contribution is -2.25. The zero-order chi connectivity index (χ0) is 15.0. The Kier molecular flexibility index (Phi) is 7.41. The van der Waals surface area contributed by atoms with Crippen molar-refractivity contribution in [2.75, 3.05) is 27.4 Å². The maximum absolute atomic E-state index is 5.92. The maximum atomic E-state index is 5.92. The molecule has 0 saturated heterocycles. The highest BCUT2D eigenvalue weighted by molar-refractivity contribution is 5.43. The molecule has 0 heterocycles. The number of benzene rings is 1. The third-order valence-corrected chi connectivity index (χ3v) is 3.43. The summed E-state index contributed by atoms with van der Waals surface area (Å²) >= 11 is 0. The number of hydrogen-bond donors (Lipinski definition) is 1. The van der Waals surface area contributed by atoms with Gasteiger partial charge in [0.2, 0.25) is 0 Å². The molecule has 0 aromatic heterocycles. The molecule has 114 valence electrons. The molecule has 0 radical (unpaired) electrons. The molecule has 0 aliphatic heterocycles. The van der Waals surface area contributed by atoms with Crippen LogP contribution in [0, 0.1) is 5.92 Å². The van der Waals surface area contributed by atoms with E-state index in [0.29, 0.717) is 19.1 Å². The number of ether oxygens (including phenoxy) is 3. The highest BCUT2D eigenvalue weighted by Crippen LogP contribution is 2.29. The summed E-state index contributed by atoms with van der Waals surface area (Å²) in [7, 11) is 3.35. The van der Waals surface area contributed by atoms with E-state index in [0.717, 1.165) is 24.3 Å². The normalized spacial score (nSPS) is 13.8. The Morgan fingerprint density at radius 2 is 1.85 bits per heavy atom. The zero-order valence-corrected chi connectivity index (χ0v) is 13.0. The minimum absolute atomic E-state index is 0.183. The van der Waals surface area contributed by atoms with Gasteiger partial charge in [-0.3, -0.25) is 0 Å². The minimum Gasteiger partial charge on any atom is -0.493 e. The molecule has 0 amide bonds. The van der Waals surface area contributed by atoms with Crippen molar-refractivity contribution in [3.63, 3.8) is 0 Å². The van der Waals surface area contributed by atoms with Gasteiger partial charge in [0.1, 0.15) is 0 Å². The average Bonchev–Trinajstić information content (AvgIpc) is 2.43. The van der Waals surface area contributed by atoms with Crippen LogP contribution in [-0.2, 0) is 11.2 Å². The van der Waals surface area contributed by atoms with Gasteiger partial charge < -0.3 is 19.9 Å². The van der Waals surface area contributed by atoms with Crippen LogP contribution in [0.25, 0.3) is 0 Å². The first-order valence-corrected chi connectivity index (χ1v) is 7.12. The fraction of sp³-hybridized carbons (Fsp3) is 0.625.